The summed E-state index contributed by atoms with van der Waals surface area (Å²) in [5.41, 5.74) is 3.83. The predicted molar refractivity (Wildman–Crippen MR) is 137 cm³/mol. The van der Waals surface area contributed by atoms with Gasteiger partial charge in [-0.15, -0.1) is 13.1 Å². The molecule has 0 aliphatic heterocycles. The number of benzene rings is 3. The van der Waals surface area contributed by atoms with Crippen LogP contribution in [-0.2, 0) is 27.8 Å². The van der Waals surface area contributed by atoms with Crippen LogP contribution < -0.4 is 10.2 Å². The van der Waals surface area contributed by atoms with E-state index in [2.05, 4.69) is 27.4 Å². The first-order chi connectivity index (χ1) is 17.0. The number of hydrogen-bond donors (Lipinski definition) is 0. The average Bonchev–Trinajstić information content (AvgIpc) is 2.87. The van der Waals surface area contributed by atoms with Crippen molar-refractivity contribution in [1.29, 1.82) is 0 Å². The Morgan fingerprint density at radius 3 is 2.22 bits per heavy atom. The molecule has 7 heteroatoms. The normalized spacial score (nSPS) is 12.6. The van der Waals surface area contributed by atoms with E-state index in [1.54, 1.807) is 13.0 Å². The number of hydrogen-bond acceptors (Lipinski definition) is 5. The average molecular weight is 527 g/mol. The van der Waals surface area contributed by atoms with Crippen molar-refractivity contribution < 1.29 is 31.5 Å². The van der Waals surface area contributed by atoms with Gasteiger partial charge >= 0.3 is 16.5 Å². The molecule has 0 fully saturated rings. The molecular weight excluding hydrogens is 497 g/mol. The number of para-hydroxylation sites is 1. The molecule has 1 radical (unpaired) electrons. The number of rotatable bonds is 13. The van der Waals surface area contributed by atoms with Crippen molar-refractivity contribution in [2.45, 2.75) is 45.2 Å². The minimum Gasteiger partial charge on any atom is -0.862 e. The van der Waals surface area contributed by atoms with E-state index in [0.29, 0.717) is 36.5 Å². The van der Waals surface area contributed by atoms with Crippen molar-refractivity contribution in [2.24, 2.45) is 9.98 Å². The molecule has 36 heavy (non-hydrogen) atoms. The quantitative estimate of drug-likeness (QED) is 0.142. The summed E-state index contributed by atoms with van der Waals surface area (Å²) in [6, 6.07) is 26.0. The largest absolute Gasteiger partial charge is 3.00 e. The minimum absolute atomic E-state index is 0. The van der Waals surface area contributed by atoms with Crippen molar-refractivity contribution >= 4 is 23.3 Å². The van der Waals surface area contributed by atoms with Crippen molar-refractivity contribution in [3.8, 4) is 0 Å². The number of aliphatic imine (C=N–C) groups is 2. The molecule has 1 atom stereocenters. The number of carbonyl (C=O) groups is 1. The molecule has 0 spiro atoms. The van der Waals surface area contributed by atoms with Crippen LogP contribution >= 0.6 is 0 Å². The molecule has 0 N–H and O–H groups in total. The standard InChI is InChI=1S/C29H32N3O3.Ni/c1-22(31-27(20-29(34)35)24-14-6-3-7-15-24)25-16-8-9-17-26(25)32-28(33)18-10-11-19-30-21-23-12-4-2-5-13-23;/h2-9,12-17,27H,10-11,18-21H2,1H3,(H,32,33)(H,34,35);/q-1;+3/p-2. The van der Waals surface area contributed by atoms with Gasteiger partial charge in [-0.25, -0.2) is 0 Å². The Morgan fingerprint density at radius 2 is 1.53 bits per heavy atom. The number of unbranched alkanes of at least 4 members (excludes halogenated alkanes) is 1. The maximum atomic E-state index is 12.5. The molecule has 6 nitrogen and oxygen atoms in total. The molecule has 0 aromatic heterocycles. The van der Waals surface area contributed by atoms with Gasteiger partial charge < -0.3 is 20.3 Å². The van der Waals surface area contributed by atoms with E-state index in [1.807, 2.05) is 66.7 Å². The van der Waals surface area contributed by atoms with Crippen LogP contribution in [0.3, 0.4) is 0 Å². The summed E-state index contributed by atoms with van der Waals surface area (Å²) in [4.78, 5) is 20.3. The zero-order chi connectivity index (χ0) is 24.9. The fourth-order valence-corrected chi connectivity index (χ4v) is 3.73. The molecule has 0 heterocycles. The third kappa shape index (κ3) is 9.76. The summed E-state index contributed by atoms with van der Waals surface area (Å²) < 4.78 is 0. The van der Waals surface area contributed by atoms with E-state index in [1.165, 1.54) is 5.56 Å². The Hall–Kier alpha value is -3.28. The van der Waals surface area contributed by atoms with Gasteiger partial charge in [0.2, 0.25) is 0 Å². The first-order valence-corrected chi connectivity index (χ1v) is 11.8. The van der Waals surface area contributed by atoms with Gasteiger partial charge in [-0.3, -0.25) is 9.98 Å². The van der Waals surface area contributed by atoms with Crippen LogP contribution in [0, 0.1) is 0 Å². The number of nitrogens with zero attached hydrogens (tertiary/aromatic N) is 3. The van der Waals surface area contributed by atoms with E-state index < -0.39 is 12.0 Å². The minimum atomic E-state index is -1.17. The molecular formula is C29H30N3NiO3. The molecule has 0 saturated carbocycles. The molecule has 189 valence electrons. The van der Waals surface area contributed by atoms with Crippen molar-refractivity contribution in [3.05, 3.63) is 107 Å². The Balaban J connectivity index is 0.00000456. The Labute approximate surface area is 223 Å². The first kappa shape index (κ1) is 29.0. The SMILES string of the molecule is CC(=NC(CC(=O)[O-])c1ccccc1)c1ccccc1N=C([O-])CCCC[N-]Cc1ccccc1.[Ni+3]. The Morgan fingerprint density at radius 1 is 0.889 bits per heavy atom. The summed E-state index contributed by atoms with van der Waals surface area (Å²) in [7, 11) is 0. The third-order valence-corrected chi connectivity index (χ3v) is 5.53. The molecule has 1 unspecified atom stereocenters. The van der Waals surface area contributed by atoms with E-state index in [0.717, 1.165) is 18.4 Å². The molecule has 3 rings (SSSR count). The summed E-state index contributed by atoms with van der Waals surface area (Å²) >= 11 is 0. The van der Waals surface area contributed by atoms with Gasteiger partial charge in [0.1, 0.15) is 0 Å². The van der Waals surface area contributed by atoms with Crippen LogP contribution in [0.5, 0.6) is 0 Å². The Kier molecular flexibility index (Phi) is 12.6. The number of carbonyl (C=O) groups excluding carboxylic acids is 1. The monoisotopic (exact) mass is 526 g/mol. The molecule has 3 aromatic carbocycles. The second kappa shape index (κ2) is 15.7. The van der Waals surface area contributed by atoms with Gasteiger partial charge in [-0.2, -0.15) is 0 Å². The molecule has 0 aliphatic rings. The molecule has 0 saturated heterocycles. The van der Waals surface area contributed by atoms with Gasteiger partial charge in [0, 0.05) is 23.7 Å². The maximum absolute atomic E-state index is 12.5. The molecule has 0 aliphatic carbocycles. The second-order valence-electron chi connectivity index (χ2n) is 8.29. The van der Waals surface area contributed by atoms with Crippen LogP contribution in [0.2, 0.25) is 0 Å². The van der Waals surface area contributed by atoms with Gasteiger partial charge in [0.25, 0.3) is 0 Å². The fraction of sp³-hybridized carbons (Fsp3) is 0.276. The van der Waals surface area contributed by atoms with Crippen molar-refractivity contribution in [2.75, 3.05) is 6.54 Å². The van der Waals surface area contributed by atoms with Crippen LogP contribution in [-0.4, -0.2) is 24.1 Å². The summed E-state index contributed by atoms with van der Waals surface area (Å²) in [5.74, 6) is -1.36. The smallest absolute Gasteiger partial charge is 0.862 e. The predicted octanol–water partition coefficient (Wildman–Crippen LogP) is 4.51. The Bertz CT molecular complexity index is 1130. The molecule has 3 aromatic rings. The third-order valence-electron chi connectivity index (χ3n) is 5.53. The van der Waals surface area contributed by atoms with Crippen molar-refractivity contribution in [1.82, 2.24) is 0 Å². The van der Waals surface area contributed by atoms with Gasteiger partial charge in [0.05, 0.1) is 11.7 Å². The van der Waals surface area contributed by atoms with Crippen LogP contribution in [0.1, 0.15) is 55.3 Å². The van der Waals surface area contributed by atoms with E-state index in [4.69, 9.17) is 0 Å². The molecule has 0 bridgehead atoms. The van der Waals surface area contributed by atoms with Crippen LogP contribution in [0.15, 0.2) is 94.9 Å². The fourth-order valence-electron chi connectivity index (χ4n) is 3.73. The zero-order valence-corrected chi connectivity index (χ0v) is 21.3. The summed E-state index contributed by atoms with van der Waals surface area (Å²) in [6.07, 6.45) is 1.67. The van der Waals surface area contributed by atoms with Gasteiger partial charge in [-0.05, 0) is 30.9 Å². The van der Waals surface area contributed by atoms with E-state index >= 15 is 0 Å². The zero-order valence-electron chi connectivity index (χ0n) is 20.3. The summed E-state index contributed by atoms with van der Waals surface area (Å²) in [6.45, 7) is 3.20. The van der Waals surface area contributed by atoms with Gasteiger partial charge in [-0.1, -0.05) is 97.3 Å². The van der Waals surface area contributed by atoms with Crippen LogP contribution in [0.4, 0.5) is 5.69 Å². The maximum Gasteiger partial charge on any atom is 3.00 e. The number of carboxylic acid groups (broad SMARTS) is 1. The van der Waals surface area contributed by atoms with Gasteiger partial charge in [0.15, 0.2) is 0 Å². The number of aliphatic carboxylic acids is 1. The first-order valence-electron chi connectivity index (χ1n) is 11.8. The van der Waals surface area contributed by atoms with Crippen LogP contribution in [0.25, 0.3) is 5.32 Å². The summed E-state index contributed by atoms with van der Waals surface area (Å²) in [5, 5.41) is 28.3. The number of carboxylic acids is 1. The second-order valence-corrected chi connectivity index (χ2v) is 8.29. The van der Waals surface area contributed by atoms with E-state index in [-0.39, 0.29) is 28.8 Å². The van der Waals surface area contributed by atoms with Crippen molar-refractivity contribution in [3.63, 3.8) is 0 Å². The van der Waals surface area contributed by atoms with E-state index in [9.17, 15) is 15.0 Å². The topological polar surface area (TPSA) is 102 Å². The molecule has 0 amide bonds.